The summed E-state index contributed by atoms with van der Waals surface area (Å²) in [7, 11) is 0. The Kier molecular flexibility index (Phi) is 5.20. The van der Waals surface area contributed by atoms with Crippen LogP contribution < -0.4 is 5.32 Å². The number of thioether (sulfide) groups is 1. The third kappa shape index (κ3) is 4.15. The molecule has 0 saturated carbocycles. The fraction of sp³-hybridized carbons (Fsp3) is 0.158. The first-order chi connectivity index (χ1) is 14.3. The number of fused-ring (bicyclic) bond motifs is 1. The molecule has 3 aromatic heterocycles. The van der Waals surface area contributed by atoms with Crippen LogP contribution in [0.25, 0.3) is 5.65 Å². The molecule has 7 nitrogen and oxygen atoms in total. The van der Waals surface area contributed by atoms with Crippen LogP contribution in [0, 0.1) is 6.92 Å². The van der Waals surface area contributed by atoms with Crippen LogP contribution in [0.1, 0.15) is 22.1 Å². The van der Waals surface area contributed by atoms with E-state index in [0.717, 1.165) is 24.0 Å². The third-order valence-corrected chi connectivity index (χ3v) is 5.35. The highest BCUT2D eigenvalue weighted by Gasteiger charge is 2.32. The molecule has 154 valence electrons. The van der Waals surface area contributed by atoms with Crippen LogP contribution in [-0.2, 0) is 11.0 Å². The number of benzene rings is 1. The molecule has 1 amide bonds. The fourth-order valence-corrected chi connectivity index (χ4v) is 3.76. The molecule has 0 spiro atoms. The number of carbonyl (C=O) groups excluding carboxylic acids is 1. The smallest absolute Gasteiger partial charge is 0.360 e. The van der Waals surface area contributed by atoms with Crippen molar-refractivity contribution in [2.45, 2.75) is 23.5 Å². The van der Waals surface area contributed by atoms with Crippen molar-refractivity contribution in [3.63, 3.8) is 0 Å². The second kappa shape index (κ2) is 7.82. The number of pyridine rings is 1. The molecular formula is C19H14F3N5O2S. The first kappa shape index (κ1) is 20.0. The van der Waals surface area contributed by atoms with Gasteiger partial charge in [-0.1, -0.05) is 47.3 Å². The van der Waals surface area contributed by atoms with E-state index in [1.807, 2.05) is 0 Å². The number of hydrogen-bond donors (Lipinski definition) is 1. The summed E-state index contributed by atoms with van der Waals surface area (Å²) in [6, 6.07) is 12.5. The molecule has 1 aromatic carbocycles. The molecule has 4 aromatic rings. The third-order valence-electron chi connectivity index (χ3n) is 4.14. The van der Waals surface area contributed by atoms with Crippen molar-refractivity contribution in [1.82, 2.24) is 19.8 Å². The zero-order chi connectivity index (χ0) is 21.3. The molecule has 11 heteroatoms. The van der Waals surface area contributed by atoms with Gasteiger partial charge in [0.2, 0.25) is 5.91 Å². The van der Waals surface area contributed by atoms with E-state index in [9.17, 15) is 18.0 Å². The zero-order valence-electron chi connectivity index (χ0n) is 15.4. The van der Waals surface area contributed by atoms with Gasteiger partial charge in [0.15, 0.2) is 16.6 Å². The van der Waals surface area contributed by atoms with Crippen LogP contribution >= 0.6 is 11.8 Å². The van der Waals surface area contributed by atoms with E-state index in [1.165, 1.54) is 10.5 Å². The van der Waals surface area contributed by atoms with Gasteiger partial charge in [-0.3, -0.25) is 9.20 Å². The highest BCUT2D eigenvalue weighted by molar-refractivity contribution is 8.00. The van der Waals surface area contributed by atoms with E-state index >= 15 is 0 Å². The number of aromatic nitrogens is 4. The Hall–Kier alpha value is -3.34. The van der Waals surface area contributed by atoms with Gasteiger partial charge in [-0.25, -0.2) is 0 Å². The topological polar surface area (TPSA) is 85.3 Å². The standard InChI is InChI=1S/C19H14F3N5O2S/c1-11-9-14(26-29-11)23-17(28)16(12-5-3-2-4-6-12)30-18-25-24-15-8-7-13(10-27(15)18)19(20,21)22/h2-10,16H,1H3,(H,23,26,28). The summed E-state index contributed by atoms with van der Waals surface area (Å²) in [5, 5.41) is 13.6. The summed E-state index contributed by atoms with van der Waals surface area (Å²) < 4.78 is 45.5. The lowest BCUT2D eigenvalue weighted by Gasteiger charge is -2.15. The monoisotopic (exact) mass is 433 g/mol. The molecule has 0 saturated heterocycles. The summed E-state index contributed by atoms with van der Waals surface area (Å²) in [6.07, 6.45) is -3.60. The van der Waals surface area contributed by atoms with E-state index in [1.54, 1.807) is 43.3 Å². The highest BCUT2D eigenvalue weighted by atomic mass is 32.2. The number of nitrogens with one attached hydrogen (secondary N) is 1. The molecular weight excluding hydrogens is 419 g/mol. The maximum absolute atomic E-state index is 13.1. The Morgan fingerprint density at radius 1 is 1.17 bits per heavy atom. The SMILES string of the molecule is Cc1cc(NC(=O)C(Sc2nnc3ccc(C(F)(F)F)cn23)c2ccccc2)no1. The normalized spacial score (nSPS) is 12.8. The van der Waals surface area contributed by atoms with Gasteiger partial charge < -0.3 is 9.84 Å². The maximum Gasteiger partial charge on any atom is 0.417 e. The molecule has 0 bridgehead atoms. The summed E-state index contributed by atoms with van der Waals surface area (Å²) in [5.74, 6) is 0.338. The molecule has 4 rings (SSSR count). The van der Waals surface area contributed by atoms with Gasteiger partial charge in [0.1, 0.15) is 11.0 Å². The van der Waals surface area contributed by atoms with E-state index in [0.29, 0.717) is 11.3 Å². The minimum absolute atomic E-state index is 0.149. The van der Waals surface area contributed by atoms with Crippen LogP contribution in [-0.4, -0.2) is 25.7 Å². The molecule has 0 fully saturated rings. The quantitative estimate of drug-likeness (QED) is 0.466. The number of nitrogens with zero attached hydrogens (tertiary/aromatic N) is 4. The van der Waals surface area contributed by atoms with Gasteiger partial charge in [-0.05, 0) is 24.6 Å². The van der Waals surface area contributed by atoms with E-state index < -0.39 is 22.9 Å². The van der Waals surface area contributed by atoms with Crippen LogP contribution in [0.3, 0.4) is 0 Å². The number of aryl methyl sites for hydroxylation is 1. The number of carbonyl (C=O) groups is 1. The molecule has 1 atom stereocenters. The fourth-order valence-electron chi connectivity index (χ4n) is 2.74. The minimum Gasteiger partial charge on any atom is -0.360 e. The molecule has 1 N–H and O–H groups in total. The Bertz CT molecular complexity index is 1190. The Balaban J connectivity index is 1.69. The molecule has 30 heavy (non-hydrogen) atoms. The van der Waals surface area contributed by atoms with Crippen molar-refractivity contribution in [2.75, 3.05) is 5.32 Å². The van der Waals surface area contributed by atoms with Gasteiger partial charge in [-0.15, -0.1) is 10.2 Å². The predicted molar refractivity (Wildman–Crippen MR) is 103 cm³/mol. The van der Waals surface area contributed by atoms with Crippen molar-refractivity contribution in [3.05, 3.63) is 71.6 Å². The molecule has 0 aliphatic carbocycles. The van der Waals surface area contributed by atoms with Crippen LogP contribution in [0.15, 0.2) is 64.4 Å². The van der Waals surface area contributed by atoms with Gasteiger partial charge in [0, 0.05) is 12.3 Å². The van der Waals surface area contributed by atoms with Crippen molar-refractivity contribution < 1.29 is 22.5 Å². The molecule has 1 unspecified atom stereocenters. The van der Waals surface area contributed by atoms with E-state index in [-0.39, 0.29) is 16.6 Å². The summed E-state index contributed by atoms with van der Waals surface area (Å²) in [5.41, 5.74) is 0.0456. The average Bonchev–Trinajstić information content (AvgIpc) is 3.31. The maximum atomic E-state index is 13.1. The lowest BCUT2D eigenvalue weighted by Crippen LogP contribution is -2.19. The number of halogens is 3. The lowest BCUT2D eigenvalue weighted by atomic mass is 10.1. The van der Waals surface area contributed by atoms with Crippen molar-refractivity contribution in [3.8, 4) is 0 Å². The second-order valence-corrected chi connectivity index (χ2v) is 7.42. The van der Waals surface area contributed by atoms with Crippen molar-refractivity contribution >= 4 is 29.1 Å². The predicted octanol–water partition coefficient (Wildman–Crippen LogP) is 4.52. The number of alkyl halides is 3. The van der Waals surface area contributed by atoms with Gasteiger partial charge in [0.25, 0.3) is 0 Å². The van der Waals surface area contributed by atoms with Crippen LogP contribution in [0.4, 0.5) is 19.0 Å². The summed E-state index contributed by atoms with van der Waals surface area (Å²) in [4.78, 5) is 13.0. The van der Waals surface area contributed by atoms with Gasteiger partial charge in [0.05, 0.1) is 5.56 Å². The van der Waals surface area contributed by atoms with E-state index in [2.05, 4.69) is 20.7 Å². The summed E-state index contributed by atoms with van der Waals surface area (Å²) in [6.45, 7) is 1.69. The first-order valence-electron chi connectivity index (χ1n) is 8.69. The molecule has 0 radical (unpaired) electrons. The molecule has 0 aliphatic rings. The Morgan fingerprint density at radius 2 is 1.93 bits per heavy atom. The highest BCUT2D eigenvalue weighted by Crippen LogP contribution is 2.36. The zero-order valence-corrected chi connectivity index (χ0v) is 16.2. The van der Waals surface area contributed by atoms with Crippen molar-refractivity contribution in [2.24, 2.45) is 0 Å². The van der Waals surface area contributed by atoms with Crippen LogP contribution in [0.2, 0.25) is 0 Å². The second-order valence-electron chi connectivity index (χ2n) is 6.35. The number of rotatable bonds is 5. The first-order valence-corrected chi connectivity index (χ1v) is 9.57. The van der Waals surface area contributed by atoms with Gasteiger partial charge >= 0.3 is 6.18 Å². The molecule has 3 heterocycles. The molecule has 0 aliphatic heterocycles. The van der Waals surface area contributed by atoms with Crippen LogP contribution in [0.5, 0.6) is 0 Å². The minimum atomic E-state index is -4.51. The average molecular weight is 433 g/mol. The van der Waals surface area contributed by atoms with Crippen molar-refractivity contribution in [1.29, 1.82) is 0 Å². The number of amides is 1. The van der Waals surface area contributed by atoms with E-state index in [4.69, 9.17) is 4.52 Å². The Morgan fingerprint density at radius 3 is 2.60 bits per heavy atom. The summed E-state index contributed by atoms with van der Waals surface area (Å²) >= 11 is 0.983. The number of anilines is 1. The number of hydrogen-bond acceptors (Lipinski definition) is 6. The lowest BCUT2D eigenvalue weighted by molar-refractivity contribution is -0.137. The largest absolute Gasteiger partial charge is 0.417 e. The van der Waals surface area contributed by atoms with Gasteiger partial charge in [-0.2, -0.15) is 13.2 Å². The Labute approximate surface area is 172 Å².